The van der Waals surface area contributed by atoms with E-state index < -0.39 is 0 Å². The Morgan fingerprint density at radius 2 is 0.594 bits per heavy atom. The number of fused-ring (bicyclic) bond motifs is 4. The molecule has 4 aromatic heterocycles. The fourth-order valence-corrected chi connectivity index (χ4v) is 10.1. The minimum Gasteiger partial charge on any atom is -0.129 e. The van der Waals surface area contributed by atoms with Gasteiger partial charge in [0, 0.05) is 18.8 Å². The molecular weight excluding hydrogens is 545 g/mol. The van der Waals surface area contributed by atoms with Gasteiger partial charge in [0.2, 0.25) is 0 Å². The molecule has 0 amide bonds. The molecule has 0 atom stereocenters. The van der Waals surface area contributed by atoms with Crippen molar-refractivity contribution in [2.24, 2.45) is 0 Å². The number of thiophene rings is 4. The molecule has 0 fully saturated rings. The number of benzene rings is 2. The molecule has 4 heterocycles. The van der Waals surface area contributed by atoms with E-state index in [1.165, 1.54) is 57.2 Å². The van der Waals surface area contributed by atoms with E-state index in [-0.39, 0.29) is 0 Å². The zero-order chi connectivity index (χ0) is 22.2. The fourth-order valence-electron chi connectivity index (χ4n) is 3.45. The molecule has 164 valence electrons. The lowest BCUT2D eigenvalue weighted by Crippen LogP contribution is -1.62. The van der Waals surface area contributed by atoms with Gasteiger partial charge in [0.05, 0.1) is 16.8 Å². The zero-order valence-electron chi connectivity index (χ0n) is 17.9. The highest BCUT2D eigenvalue weighted by atomic mass is 32.2. The van der Waals surface area contributed by atoms with E-state index in [1.807, 2.05) is 92.4 Å². The van der Waals surface area contributed by atoms with E-state index in [4.69, 9.17) is 0 Å². The van der Waals surface area contributed by atoms with Crippen molar-refractivity contribution in [2.45, 2.75) is 16.8 Å². The summed E-state index contributed by atoms with van der Waals surface area (Å²) in [6.07, 6.45) is 8.55. The summed E-state index contributed by atoms with van der Waals surface area (Å²) in [6, 6.07) is 18.5. The van der Waals surface area contributed by atoms with Crippen LogP contribution in [0.2, 0.25) is 0 Å². The molecule has 0 radical (unpaired) electrons. The smallest absolute Gasteiger partial charge is 0.0608 e. The third-order valence-electron chi connectivity index (χ3n) is 5.02. The highest BCUT2D eigenvalue weighted by molar-refractivity contribution is 8.01. The molecule has 6 aromatic rings. The van der Waals surface area contributed by atoms with Gasteiger partial charge in [-0.3, -0.25) is 0 Å². The Bertz CT molecular complexity index is 1200. The summed E-state index contributed by atoms with van der Waals surface area (Å²) in [4.78, 5) is 0. The molecule has 0 nitrogen and oxygen atoms in total. The average molecular weight is 565 g/mol. The van der Waals surface area contributed by atoms with Crippen molar-refractivity contribution in [3.8, 4) is 0 Å². The second-order valence-electron chi connectivity index (χ2n) is 6.93. The van der Waals surface area contributed by atoms with E-state index in [1.54, 1.807) is 0 Å². The standard InChI is InChI=1S/2C12H10S4/c2*1-13-11-5-7-3-10-8(4-9(7)15-11)6-12(14-2)16-10/h2*3-6H,1-2H3. The van der Waals surface area contributed by atoms with Crippen LogP contribution in [0.25, 0.3) is 40.3 Å². The normalized spacial score (nSPS) is 11.6. The van der Waals surface area contributed by atoms with Crippen LogP contribution in [0, 0.1) is 0 Å². The number of rotatable bonds is 4. The molecule has 2 aromatic carbocycles. The highest BCUT2D eigenvalue weighted by Crippen LogP contribution is 2.40. The summed E-state index contributed by atoms with van der Waals surface area (Å²) in [5, 5.41) is 5.54. The van der Waals surface area contributed by atoms with E-state index in [0.717, 1.165) is 0 Å². The van der Waals surface area contributed by atoms with Crippen molar-refractivity contribution in [3.63, 3.8) is 0 Å². The number of thioether (sulfide) groups is 4. The Kier molecular flexibility index (Phi) is 7.41. The highest BCUT2D eigenvalue weighted by Gasteiger charge is 2.07. The number of hydrogen-bond acceptors (Lipinski definition) is 8. The minimum absolute atomic E-state index is 1.39. The van der Waals surface area contributed by atoms with Gasteiger partial charge < -0.3 is 0 Å². The molecule has 0 unspecified atom stereocenters. The van der Waals surface area contributed by atoms with Crippen LogP contribution >= 0.6 is 92.4 Å². The monoisotopic (exact) mass is 564 g/mol. The first-order chi connectivity index (χ1) is 15.6. The molecule has 0 N–H and O–H groups in total. The molecule has 8 heteroatoms. The maximum absolute atomic E-state index is 2.32. The molecule has 0 aliphatic carbocycles. The van der Waals surface area contributed by atoms with Gasteiger partial charge in [-0.15, -0.1) is 92.4 Å². The first-order valence-corrected chi connectivity index (χ1v) is 17.9. The van der Waals surface area contributed by atoms with Gasteiger partial charge in [-0.1, -0.05) is 0 Å². The average Bonchev–Trinajstić information content (AvgIpc) is 3.58. The second-order valence-corrected chi connectivity index (χ2v) is 15.7. The maximum atomic E-state index is 2.32. The van der Waals surface area contributed by atoms with Crippen molar-refractivity contribution in [1.29, 1.82) is 0 Å². The van der Waals surface area contributed by atoms with Gasteiger partial charge in [-0.05, 0) is 95.1 Å². The Morgan fingerprint density at radius 3 is 0.781 bits per heavy atom. The molecule has 0 spiro atoms. The van der Waals surface area contributed by atoms with Crippen LogP contribution in [0.1, 0.15) is 0 Å². The molecule has 0 saturated carbocycles. The Labute approximate surface area is 221 Å². The maximum Gasteiger partial charge on any atom is 0.0608 e. The van der Waals surface area contributed by atoms with Crippen LogP contribution < -0.4 is 0 Å². The van der Waals surface area contributed by atoms with Crippen molar-refractivity contribution in [2.75, 3.05) is 25.0 Å². The van der Waals surface area contributed by atoms with Crippen LogP contribution in [-0.4, -0.2) is 25.0 Å². The van der Waals surface area contributed by atoms with Crippen LogP contribution in [0.4, 0.5) is 0 Å². The predicted octanol–water partition coefficient (Wildman–Crippen LogP) is 11.1. The topological polar surface area (TPSA) is 0 Å². The third kappa shape index (κ3) is 4.75. The third-order valence-corrected chi connectivity index (χ3v) is 13.7. The fraction of sp³-hybridized carbons (Fsp3) is 0.167. The van der Waals surface area contributed by atoms with Gasteiger partial charge in [0.25, 0.3) is 0 Å². The van der Waals surface area contributed by atoms with Crippen LogP contribution in [0.3, 0.4) is 0 Å². The van der Waals surface area contributed by atoms with E-state index in [0.29, 0.717) is 0 Å². The van der Waals surface area contributed by atoms with Gasteiger partial charge in [0.15, 0.2) is 0 Å². The van der Waals surface area contributed by atoms with E-state index in [9.17, 15) is 0 Å². The van der Waals surface area contributed by atoms with E-state index >= 15 is 0 Å². The minimum atomic E-state index is 1.39. The zero-order valence-corrected chi connectivity index (χ0v) is 24.4. The van der Waals surface area contributed by atoms with Crippen molar-refractivity contribution in [3.05, 3.63) is 48.5 Å². The molecule has 0 saturated heterocycles. The molecule has 0 aliphatic heterocycles. The predicted molar refractivity (Wildman–Crippen MR) is 162 cm³/mol. The summed E-state index contributed by atoms with van der Waals surface area (Å²) in [7, 11) is 0. The first kappa shape index (κ1) is 23.4. The molecular formula is C24H20S8. The molecule has 0 aliphatic rings. The molecule has 6 rings (SSSR count). The number of hydrogen-bond donors (Lipinski definition) is 0. The Morgan fingerprint density at radius 1 is 0.375 bits per heavy atom. The van der Waals surface area contributed by atoms with Crippen molar-refractivity contribution in [1.82, 2.24) is 0 Å². The van der Waals surface area contributed by atoms with Gasteiger partial charge >= 0.3 is 0 Å². The van der Waals surface area contributed by atoms with E-state index in [2.05, 4.69) is 73.6 Å². The van der Waals surface area contributed by atoms with Crippen LogP contribution in [0.15, 0.2) is 65.4 Å². The van der Waals surface area contributed by atoms with Crippen molar-refractivity contribution >= 4 is 133 Å². The summed E-state index contributed by atoms with van der Waals surface area (Å²) >= 11 is 14.9. The first-order valence-electron chi connectivity index (χ1n) is 9.70. The summed E-state index contributed by atoms with van der Waals surface area (Å²) < 4.78 is 11.2. The van der Waals surface area contributed by atoms with Crippen LogP contribution in [-0.2, 0) is 0 Å². The Balaban J connectivity index is 0.000000135. The largest absolute Gasteiger partial charge is 0.129 e. The lowest BCUT2D eigenvalue weighted by molar-refractivity contribution is 1.78. The summed E-state index contributed by atoms with van der Waals surface area (Å²) in [5.74, 6) is 0. The summed E-state index contributed by atoms with van der Waals surface area (Å²) in [5.41, 5.74) is 0. The van der Waals surface area contributed by atoms with Gasteiger partial charge in [-0.25, -0.2) is 0 Å². The summed E-state index contributed by atoms with van der Waals surface area (Å²) in [6.45, 7) is 0. The SMILES string of the molecule is CSc1cc2cc3sc(SC)cc3cc2s1.CSc1cc2cc3sc(SC)cc3cc2s1. The van der Waals surface area contributed by atoms with Gasteiger partial charge in [0.1, 0.15) is 0 Å². The lowest BCUT2D eigenvalue weighted by Gasteiger charge is -1.89. The quantitative estimate of drug-likeness (QED) is 0.195. The van der Waals surface area contributed by atoms with Crippen molar-refractivity contribution < 1.29 is 0 Å². The molecule has 0 bridgehead atoms. The lowest BCUT2D eigenvalue weighted by atomic mass is 10.2. The Hall–Kier alpha value is -0.320. The molecule has 32 heavy (non-hydrogen) atoms. The van der Waals surface area contributed by atoms with Crippen LogP contribution in [0.5, 0.6) is 0 Å². The second kappa shape index (κ2) is 10.1. The van der Waals surface area contributed by atoms with Gasteiger partial charge in [-0.2, -0.15) is 0 Å².